The van der Waals surface area contributed by atoms with Gasteiger partial charge >= 0.3 is 0 Å². The Morgan fingerprint density at radius 1 is 1.33 bits per heavy atom. The maximum Gasteiger partial charge on any atom is 0.222 e. The van der Waals surface area contributed by atoms with Crippen LogP contribution in [-0.4, -0.2) is 21.1 Å². The number of aromatic nitrogens is 3. The van der Waals surface area contributed by atoms with Gasteiger partial charge in [-0.15, -0.1) is 0 Å². The van der Waals surface area contributed by atoms with E-state index in [1.807, 2.05) is 13.0 Å². The fourth-order valence-electron chi connectivity index (χ4n) is 2.61. The molecule has 0 radical (unpaired) electrons. The number of anilines is 2. The van der Waals surface area contributed by atoms with Crippen LogP contribution in [-0.2, 0) is 6.54 Å². The molecule has 2 aromatic rings. The fourth-order valence-corrected chi connectivity index (χ4v) is 2.61. The van der Waals surface area contributed by atoms with Crippen molar-refractivity contribution in [3.8, 4) is 0 Å². The second-order valence-corrected chi connectivity index (χ2v) is 4.72. The van der Waals surface area contributed by atoms with Gasteiger partial charge < -0.3 is 15.2 Å². The van der Waals surface area contributed by atoms with Gasteiger partial charge in [0, 0.05) is 36.7 Å². The molecular weight excluding hydrogens is 226 g/mol. The zero-order chi connectivity index (χ0) is 12.7. The van der Waals surface area contributed by atoms with Crippen molar-refractivity contribution in [3.63, 3.8) is 0 Å². The molecule has 0 spiro atoms. The SMILES string of the molecule is Cc1cc(N2CCn3cccc3C2C)nc(N)n1. The Kier molecular flexibility index (Phi) is 2.47. The maximum absolute atomic E-state index is 5.73. The molecule has 0 saturated heterocycles. The molecule has 2 aromatic heterocycles. The summed E-state index contributed by atoms with van der Waals surface area (Å²) in [4.78, 5) is 10.8. The van der Waals surface area contributed by atoms with Gasteiger partial charge in [-0.1, -0.05) is 0 Å². The van der Waals surface area contributed by atoms with Gasteiger partial charge in [0.2, 0.25) is 5.95 Å². The minimum absolute atomic E-state index is 0.308. The van der Waals surface area contributed by atoms with E-state index in [1.165, 1.54) is 5.69 Å². The average Bonchev–Trinajstić information content (AvgIpc) is 2.77. The summed E-state index contributed by atoms with van der Waals surface area (Å²) in [6.45, 7) is 6.06. The van der Waals surface area contributed by atoms with Crippen molar-refractivity contribution in [3.05, 3.63) is 35.8 Å². The summed E-state index contributed by atoms with van der Waals surface area (Å²) in [7, 11) is 0. The molecule has 0 fully saturated rings. The normalized spacial score (nSPS) is 18.8. The van der Waals surface area contributed by atoms with Crippen molar-refractivity contribution in [1.82, 2.24) is 14.5 Å². The van der Waals surface area contributed by atoms with Crippen molar-refractivity contribution < 1.29 is 0 Å². The molecule has 5 nitrogen and oxygen atoms in total. The predicted molar refractivity (Wildman–Crippen MR) is 71.4 cm³/mol. The molecule has 18 heavy (non-hydrogen) atoms. The van der Waals surface area contributed by atoms with Gasteiger partial charge in [0.25, 0.3) is 0 Å². The highest BCUT2D eigenvalue weighted by Gasteiger charge is 2.24. The molecule has 1 atom stereocenters. The first-order chi connectivity index (χ1) is 8.65. The molecule has 0 amide bonds. The summed E-state index contributed by atoms with van der Waals surface area (Å²) in [5.74, 6) is 1.26. The number of aryl methyl sites for hydroxylation is 1. The van der Waals surface area contributed by atoms with Gasteiger partial charge in [0.1, 0.15) is 5.82 Å². The number of hydrogen-bond donors (Lipinski definition) is 1. The van der Waals surface area contributed by atoms with E-state index >= 15 is 0 Å². The first kappa shape index (κ1) is 11.1. The van der Waals surface area contributed by atoms with E-state index in [2.05, 4.69) is 44.7 Å². The summed E-state index contributed by atoms with van der Waals surface area (Å²) in [6.07, 6.45) is 2.13. The molecule has 3 heterocycles. The first-order valence-electron chi connectivity index (χ1n) is 6.18. The Balaban J connectivity index is 1.99. The van der Waals surface area contributed by atoms with Crippen LogP contribution in [0.4, 0.5) is 11.8 Å². The molecule has 3 rings (SSSR count). The number of rotatable bonds is 1. The van der Waals surface area contributed by atoms with Crippen molar-refractivity contribution in [1.29, 1.82) is 0 Å². The number of nitrogen functional groups attached to an aromatic ring is 1. The van der Waals surface area contributed by atoms with Crippen LogP contribution in [0.15, 0.2) is 24.4 Å². The third kappa shape index (κ3) is 1.72. The van der Waals surface area contributed by atoms with Gasteiger partial charge in [0.15, 0.2) is 0 Å². The highest BCUT2D eigenvalue weighted by Crippen LogP contribution is 2.29. The Morgan fingerprint density at radius 3 is 2.94 bits per heavy atom. The Morgan fingerprint density at radius 2 is 2.17 bits per heavy atom. The van der Waals surface area contributed by atoms with Crippen LogP contribution in [0.25, 0.3) is 0 Å². The molecule has 0 aromatic carbocycles. The van der Waals surface area contributed by atoms with Gasteiger partial charge in [-0.2, -0.15) is 4.98 Å². The summed E-state index contributed by atoms with van der Waals surface area (Å²) < 4.78 is 2.29. The third-order valence-electron chi connectivity index (χ3n) is 3.49. The fraction of sp³-hybridized carbons (Fsp3) is 0.385. The van der Waals surface area contributed by atoms with Gasteiger partial charge in [0.05, 0.1) is 6.04 Å². The molecule has 1 aliphatic rings. The zero-order valence-corrected chi connectivity index (χ0v) is 10.7. The average molecular weight is 243 g/mol. The molecular formula is C13H17N5. The van der Waals surface area contributed by atoms with Crippen LogP contribution in [0, 0.1) is 6.92 Å². The topological polar surface area (TPSA) is 60.0 Å². The van der Waals surface area contributed by atoms with Crippen molar-refractivity contribution in [2.24, 2.45) is 0 Å². The van der Waals surface area contributed by atoms with Gasteiger partial charge in [-0.25, -0.2) is 4.98 Å². The standard InChI is InChI=1S/C13H17N5/c1-9-8-12(16-13(14)15-9)18-7-6-17-5-3-4-11(17)10(18)2/h3-5,8,10H,6-7H2,1-2H3,(H2,14,15,16). The quantitative estimate of drug-likeness (QED) is 0.829. The first-order valence-corrected chi connectivity index (χ1v) is 6.18. The Hall–Kier alpha value is -2.04. The van der Waals surface area contributed by atoms with Gasteiger partial charge in [-0.05, 0) is 26.0 Å². The lowest BCUT2D eigenvalue weighted by Crippen LogP contribution is -2.37. The Bertz CT molecular complexity index is 554. The number of nitrogens with two attached hydrogens (primary N) is 1. The van der Waals surface area contributed by atoms with Crippen LogP contribution in [0.5, 0.6) is 0 Å². The lowest BCUT2D eigenvalue weighted by atomic mass is 10.1. The zero-order valence-electron chi connectivity index (χ0n) is 10.7. The van der Waals surface area contributed by atoms with E-state index in [-0.39, 0.29) is 0 Å². The lowest BCUT2D eigenvalue weighted by Gasteiger charge is -2.35. The number of nitrogens with zero attached hydrogens (tertiary/aromatic N) is 4. The van der Waals surface area contributed by atoms with E-state index in [9.17, 15) is 0 Å². The molecule has 0 aliphatic carbocycles. The van der Waals surface area contributed by atoms with E-state index in [0.29, 0.717) is 12.0 Å². The van der Waals surface area contributed by atoms with Crippen molar-refractivity contribution in [2.75, 3.05) is 17.2 Å². The highest BCUT2D eigenvalue weighted by molar-refractivity contribution is 5.46. The van der Waals surface area contributed by atoms with E-state index in [0.717, 1.165) is 24.6 Å². The third-order valence-corrected chi connectivity index (χ3v) is 3.49. The van der Waals surface area contributed by atoms with Crippen LogP contribution in [0.1, 0.15) is 24.4 Å². The Labute approximate surface area is 106 Å². The summed E-state index contributed by atoms with van der Waals surface area (Å²) >= 11 is 0. The molecule has 0 bridgehead atoms. The smallest absolute Gasteiger partial charge is 0.222 e. The molecule has 1 aliphatic heterocycles. The van der Waals surface area contributed by atoms with Crippen molar-refractivity contribution in [2.45, 2.75) is 26.4 Å². The predicted octanol–water partition coefficient (Wildman–Crippen LogP) is 1.75. The van der Waals surface area contributed by atoms with Gasteiger partial charge in [-0.3, -0.25) is 0 Å². The minimum Gasteiger partial charge on any atom is -0.368 e. The lowest BCUT2D eigenvalue weighted by molar-refractivity contribution is 0.505. The van der Waals surface area contributed by atoms with Crippen LogP contribution >= 0.6 is 0 Å². The largest absolute Gasteiger partial charge is 0.368 e. The molecule has 1 unspecified atom stereocenters. The minimum atomic E-state index is 0.308. The second kappa shape index (κ2) is 4.01. The van der Waals surface area contributed by atoms with Crippen molar-refractivity contribution >= 4 is 11.8 Å². The van der Waals surface area contributed by atoms with E-state index in [1.54, 1.807) is 0 Å². The number of hydrogen-bond acceptors (Lipinski definition) is 4. The summed E-state index contributed by atoms with van der Waals surface area (Å²) in [5.41, 5.74) is 7.96. The molecule has 5 heteroatoms. The maximum atomic E-state index is 5.73. The molecule has 2 N–H and O–H groups in total. The summed E-state index contributed by atoms with van der Waals surface area (Å²) in [5, 5.41) is 0. The second-order valence-electron chi connectivity index (χ2n) is 4.72. The molecule has 94 valence electrons. The van der Waals surface area contributed by atoms with E-state index in [4.69, 9.17) is 5.73 Å². The monoisotopic (exact) mass is 243 g/mol. The summed E-state index contributed by atoms with van der Waals surface area (Å²) in [6, 6.07) is 6.55. The van der Waals surface area contributed by atoms with Crippen LogP contribution in [0.3, 0.4) is 0 Å². The number of fused-ring (bicyclic) bond motifs is 1. The molecule has 0 saturated carbocycles. The van der Waals surface area contributed by atoms with E-state index < -0.39 is 0 Å². The van der Waals surface area contributed by atoms with Crippen LogP contribution in [0.2, 0.25) is 0 Å². The van der Waals surface area contributed by atoms with Crippen LogP contribution < -0.4 is 10.6 Å². The highest BCUT2D eigenvalue weighted by atomic mass is 15.3.